The lowest BCUT2D eigenvalue weighted by atomic mass is 9.75. The molecule has 1 fully saturated rings. The minimum absolute atomic E-state index is 0.00615. The van der Waals surface area contributed by atoms with E-state index in [4.69, 9.17) is 10.5 Å². The largest absolute Gasteiger partial charge is 0.469 e. The lowest BCUT2D eigenvalue weighted by Gasteiger charge is -2.31. The highest BCUT2D eigenvalue weighted by Crippen LogP contribution is 2.47. The molecule has 1 saturated carbocycles. The van der Waals surface area contributed by atoms with Crippen molar-refractivity contribution in [3.8, 4) is 0 Å². The van der Waals surface area contributed by atoms with Crippen molar-refractivity contribution in [1.82, 2.24) is 0 Å². The molecule has 3 nitrogen and oxygen atoms in total. The van der Waals surface area contributed by atoms with Crippen LogP contribution >= 0.6 is 0 Å². The zero-order valence-electron chi connectivity index (χ0n) is 13.4. The predicted molar refractivity (Wildman–Crippen MR) is 85.0 cm³/mol. The van der Waals surface area contributed by atoms with Crippen molar-refractivity contribution in [1.29, 1.82) is 0 Å². The van der Waals surface area contributed by atoms with Gasteiger partial charge in [-0.2, -0.15) is 0 Å². The van der Waals surface area contributed by atoms with Crippen LogP contribution in [0.25, 0.3) is 0 Å². The molecule has 1 aliphatic carbocycles. The van der Waals surface area contributed by atoms with Crippen LogP contribution in [0.1, 0.15) is 61.3 Å². The van der Waals surface area contributed by atoms with Crippen LogP contribution in [0.4, 0.5) is 0 Å². The van der Waals surface area contributed by atoms with Gasteiger partial charge < -0.3 is 10.5 Å². The molecule has 1 atom stereocenters. The van der Waals surface area contributed by atoms with Crippen LogP contribution in [-0.4, -0.2) is 13.1 Å². The van der Waals surface area contributed by atoms with Gasteiger partial charge in [0, 0.05) is 6.04 Å². The van der Waals surface area contributed by atoms with Crippen LogP contribution in [0, 0.1) is 19.3 Å². The Labute approximate surface area is 127 Å². The van der Waals surface area contributed by atoms with Crippen molar-refractivity contribution in [3.05, 3.63) is 34.9 Å². The summed E-state index contributed by atoms with van der Waals surface area (Å²) in [5.74, 6) is -0.107. The molecule has 3 heteroatoms. The van der Waals surface area contributed by atoms with E-state index in [-0.39, 0.29) is 17.4 Å². The highest BCUT2D eigenvalue weighted by atomic mass is 16.5. The normalized spacial score (nSPS) is 18.5. The molecule has 0 radical (unpaired) electrons. The first kappa shape index (κ1) is 16.0. The molecule has 1 aromatic carbocycles. The minimum atomic E-state index is -0.107. The third-order valence-electron chi connectivity index (χ3n) is 4.89. The Bertz CT molecular complexity index is 504. The van der Waals surface area contributed by atoms with E-state index < -0.39 is 0 Å². The van der Waals surface area contributed by atoms with E-state index in [0.717, 1.165) is 19.3 Å². The number of carbonyl (C=O) groups excluding carboxylic acids is 1. The molecule has 0 aliphatic heterocycles. The SMILES string of the molecule is COC(=O)CC1(CC(N)c2ccc(C)cc2C)CCCC1. The van der Waals surface area contributed by atoms with E-state index in [2.05, 4.69) is 32.0 Å². The Balaban J connectivity index is 2.14. The summed E-state index contributed by atoms with van der Waals surface area (Å²) in [5.41, 5.74) is 10.2. The van der Waals surface area contributed by atoms with Gasteiger partial charge in [0.2, 0.25) is 0 Å². The number of methoxy groups -OCH3 is 1. The molecule has 0 aromatic heterocycles. The summed E-state index contributed by atoms with van der Waals surface area (Å²) in [6.07, 6.45) is 5.92. The standard InChI is InChI=1S/C18H27NO2/c1-13-6-7-15(14(2)10-13)16(19)11-18(8-4-5-9-18)12-17(20)21-3/h6-7,10,16H,4-5,8-9,11-12,19H2,1-3H3. The molecular formula is C18H27NO2. The summed E-state index contributed by atoms with van der Waals surface area (Å²) < 4.78 is 4.88. The van der Waals surface area contributed by atoms with E-state index in [0.29, 0.717) is 6.42 Å². The second kappa shape index (κ2) is 6.61. The molecular weight excluding hydrogens is 262 g/mol. The van der Waals surface area contributed by atoms with Crippen molar-refractivity contribution in [2.24, 2.45) is 11.1 Å². The predicted octanol–water partition coefficient (Wildman–Crippen LogP) is 3.82. The van der Waals surface area contributed by atoms with Crippen molar-refractivity contribution >= 4 is 5.97 Å². The zero-order chi connectivity index (χ0) is 15.5. The van der Waals surface area contributed by atoms with Gasteiger partial charge in [-0.3, -0.25) is 4.79 Å². The van der Waals surface area contributed by atoms with E-state index in [1.54, 1.807) is 0 Å². The van der Waals surface area contributed by atoms with Gasteiger partial charge in [0.05, 0.1) is 13.5 Å². The molecule has 0 saturated heterocycles. The molecule has 1 unspecified atom stereocenters. The lowest BCUT2D eigenvalue weighted by Crippen LogP contribution is -2.28. The molecule has 0 heterocycles. The summed E-state index contributed by atoms with van der Waals surface area (Å²) in [6, 6.07) is 6.42. The van der Waals surface area contributed by atoms with E-state index in [1.807, 2.05) is 0 Å². The van der Waals surface area contributed by atoms with Gasteiger partial charge in [0.15, 0.2) is 0 Å². The molecule has 0 bridgehead atoms. The first-order chi connectivity index (χ1) is 9.96. The minimum Gasteiger partial charge on any atom is -0.469 e. The molecule has 2 N–H and O–H groups in total. The molecule has 0 amide bonds. The molecule has 1 aliphatic rings. The van der Waals surface area contributed by atoms with Gasteiger partial charge in [-0.1, -0.05) is 36.6 Å². The van der Waals surface area contributed by atoms with Crippen LogP contribution in [-0.2, 0) is 9.53 Å². The first-order valence-corrected chi connectivity index (χ1v) is 7.85. The molecule has 116 valence electrons. The summed E-state index contributed by atoms with van der Waals surface area (Å²) in [5, 5.41) is 0. The smallest absolute Gasteiger partial charge is 0.306 e. The molecule has 21 heavy (non-hydrogen) atoms. The topological polar surface area (TPSA) is 52.3 Å². The summed E-state index contributed by atoms with van der Waals surface area (Å²) in [4.78, 5) is 11.7. The second-order valence-electron chi connectivity index (χ2n) is 6.63. The lowest BCUT2D eigenvalue weighted by molar-refractivity contribution is -0.143. The van der Waals surface area contributed by atoms with Gasteiger partial charge in [-0.25, -0.2) is 0 Å². The Morgan fingerprint density at radius 1 is 1.33 bits per heavy atom. The van der Waals surface area contributed by atoms with Gasteiger partial charge in [-0.05, 0) is 49.7 Å². The zero-order valence-corrected chi connectivity index (χ0v) is 13.4. The van der Waals surface area contributed by atoms with Crippen LogP contribution < -0.4 is 5.73 Å². The van der Waals surface area contributed by atoms with Gasteiger partial charge in [-0.15, -0.1) is 0 Å². The number of nitrogens with two attached hydrogens (primary N) is 1. The number of hydrogen-bond donors (Lipinski definition) is 1. The molecule has 1 aromatic rings. The molecule has 2 rings (SSSR count). The Hall–Kier alpha value is -1.35. The van der Waals surface area contributed by atoms with Gasteiger partial charge in [0.25, 0.3) is 0 Å². The van der Waals surface area contributed by atoms with Crippen LogP contribution in [0.5, 0.6) is 0 Å². The summed E-state index contributed by atoms with van der Waals surface area (Å²) in [7, 11) is 1.47. The number of rotatable bonds is 5. The first-order valence-electron chi connectivity index (χ1n) is 7.85. The Kier molecular flexibility index (Phi) is 5.04. The number of ether oxygens (including phenoxy) is 1. The highest BCUT2D eigenvalue weighted by Gasteiger charge is 2.38. The van der Waals surface area contributed by atoms with Crippen LogP contribution in [0.15, 0.2) is 18.2 Å². The quantitative estimate of drug-likeness (QED) is 0.838. The third kappa shape index (κ3) is 3.85. The number of esters is 1. The van der Waals surface area contributed by atoms with Crippen LogP contribution in [0.3, 0.4) is 0 Å². The van der Waals surface area contributed by atoms with Crippen molar-refractivity contribution < 1.29 is 9.53 Å². The maximum atomic E-state index is 11.7. The van der Waals surface area contributed by atoms with E-state index in [9.17, 15) is 4.79 Å². The average molecular weight is 289 g/mol. The van der Waals surface area contributed by atoms with E-state index >= 15 is 0 Å². The molecule has 0 spiro atoms. The van der Waals surface area contributed by atoms with Crippen LogP contribution in [0.2, 0.25) is 0 Å². The third-order valence-corrected chi connectivity index (χ3v) is 4.89. The van der Waals surface area contributed by atoms with Crippen molar-refractivity contribution in [3.63, 3.8) is 0 Å². The monoisotopic (exact) mass is 289 g/mol. The fraction of sp³-hybridized carbons (Fsp3) is 0.611. The maximum Gasteiger partial charge on any atom is 0.306 e. The Morgan fingerprint density at radius 2 is 2.00 bits per heavy atom. The fourth-order valence-corrected chi connectivity index (χ4v) is 3.77. The van der Waals surface area contributed by atoms with Gasteiger partial charge in [0.1, 0.15) is 0 Å². The number of hydrogen-bond acceptors (Lipinski definition) is 3. The highest BCUT2D eigenvalue weighted by molar-refractivity contribution is 5.70. The van der Waals surface area contributed by atoms with Gasteiger partial charge >= 0.3 is 5.97 Å². The van der Waals surface area contributed by atoms with E-state index in [1.165, 1.54) is 36.6 Å². The fourth-order valence-electron chi connectivity index (χ4n) is 3.77. The summed E-state index contributed by atoms with van der Waals surface area (Å²) >= 11 is 0. The Morgan fingerprint density at radius 3 is 2.57 bits per heavy atom. The average Bonchev–Trinajstić information content (AvgIpc) is 2.86. The maximum absolute atomic E-state index is 11.7. The number of carbonyl (C=O) groups is 1. The van der Waals surface area contributed by atoms with Crippen molar-refractivity contribution in [2.75, 3.05) is 7.11 Å². The second-order valence-corrected chi connectivity index (χ2v) is 6.63. The number of benzene rings is 1. The number of aryl methyl sites for hydroxylation is 2. The van der Waals surface area contributed by atoms with Crippen molar-refractivity contribution in [2.45, 2.75) is 58.4 Å². The summed E-state index contributed by atoms with van der Waals surface area (Å²) in [6.45, 7) is 4.21.